The smallest absolute Gasteiger partial charge is 0.224 e. The summed E-state index contributed by atoms with van der Waals surface area (Å²) in [7, 11) is 0. The van der Waals surface area contributed by atoms with E-state index in [9.17, 15) is 4.79 Å². The molecule has 120 valence electrons. The van der Waals surface area contributed by atoms with Crippen molar-refractivity contribution >= 4 is 5.91 Å². The molecule has 2 saturated heterocycles. The van der Waals surface area contributed by atoms with Crippen LogP contribution in [-0.2, 0) is 4.79 Å². The second-order valence-electron chi connectivity index (χ2n) is 6.72. The van der Waals surface area contributed by atoms with Crippen molar-refractivity contribution in [2.75, 3.05) is 32.7 Å². The molecule has 2 fully saturated rings. The minimum atomic E-state index is -0.189. The van der Waals surface area contributed by atoms with Gasteiger partial charge in [-0.05, 0) is 43.8 Å². The number of rotatable bonds is 5. The van der Waals surface area contributed by atoms with Gasteiger partial charge >= 0.3 is 0 Å². The summed E-state index contributed by atoms with van der Waals surface area (Å²) in [6, 6.07) is 9.73. The molecule has 4 heteroatoms. The minimum Gasteiger partial charge on any atom is -0.342 e. The first kappa shape index (κ1) is 15.5. The molecule has 0 radical (unpaired) electrons. The molecule has 1 amide bonds. The number of nitrogens with zero attached hydrogens (tertiary/aromatic N) is 2. The Balaban J connectivity index is 1.46. The standard InChI is InChI=1S/C18H27N3O/c19-17(16-6-2-1-3-7-16)12-18(22)21-11-8-15(14-21)13-20-9-4-5-10-20/h1-3,6-7,15,17H,4-5,8-14,19H2. The van der Waals surface area contributed by atoms with Crippen molar-refractivity contribution in [3.8, 4) is 0 Å². The van der Waals surface area contributed by atoms with Gasteiger partial charge in [0, 0.05) is 32.1 Å². The number of carbonyl (C=O) groups excluding carboxylic acids is 1. The lowest BCUT2D eigenvalue weighted by Crippen LogP contribution is -2.33. The first-order valence-corrected chi connectivity index (χ1v) is 8.53. The Labute approximate surface area is 133 Å². The number of benzene rings is 1. The van der Waals surface area contributed by atoms with E-state index in [0.29, 0.717) is 12.3 Å². The highest BCUT2D eigenvalue weighted by Crippen LogP contribution is 2.22. The lowest BCUT2D eigenvalue weighted by Gasteiger charge is -2.21. The fourth-order valence-corrected chi connectivity index (χ4v) is 3.67. The number of hydrogen-bond acceptors (Lipinski definition) is 3. The molecule has 0 aromatic heterocycles. The third-order valence-electron chi connectivity index (χ3n) is 4.98. The van der Waals surface area contributed by atoms with Crippen molar-refractivity contribution in [3.63, 3.8) is 0 Å². The van der Waals surface area contributed by atoms with Crippen LogP contribution in [0.25, 0.3) is 0 Å². The van der Waals surface area contributed by atoms with Crippen LogP contribution in [0.4, 0.5) is 0 Å². The van der Waals surface area contributed by atoms with Gasteiger partial charge in [-0.25, -0.2) is 0 Å². The topological polar surface area (TPSA) is 49.6 Å². The van der Waals surface area contributed by atoms with Gasteiger partial charge in [0.2, 0.25) is 5.91 Å². The molecule has 0 aliphatic carbocycles. The second kappa shape index (κ2) is 7.25. The Bertz CT molecular complexity index is 484. The van der Waals surface area contributed by atoms with E-state index in [1.165, 1.54) is 25.9 Å². The van der Waals surface area contributed by atoms with Gasteiger partial charge in [0.1, 0.15) is 0 Å². The summed E-state index contributed by atoms with van der Waals surface area (Å²) in [5, 5.41) is 0. The zero-order valence-electron chi connectivity index (χ0n) is 13.3. The fourth-order valence-electron chi connectivity index (χ4n) is 3.67. The molecule has 1 aromatic rings. The molecule has 2 atom stereocenters. The quantitative estimate of drug-likeness (QED) is 0.905. The molecule has 22 heavy (non-hydrogen) atoms. The van der Waals surface area contributed by atoms with Gasteiger partial charge in [-0.3, -0.25) is 4.79 Å². The third kappa shape index (κ3) is 3.87. The predicted octanol–water partition coefficient (Wildman–Crippen LogP) is 2.02. The minimum absolute atomic E-state index is 0.189. The number of likely N-dealkylation sites (tertiary alicyclic amines) is 2. The SMILES string of the molecule is NC(CC(=O)N1CCC(CN2CCCC2)C1)c1ccccc1. The van der Waals surface area contributed by atoms with E-state index in [1.807, 2.05) is 35.2 Å². The highest BCUT2D eigenvalue weighted by molar-refractivity contribution is 5.77. The molecule has 2 aliphatic rings. The summed E-state index contributed by atoms with van der Waals surface area (Å²) in [5.74, 6) is 0.857. The van der Waals surface area contributed by atoms with Crippen LogP contribution in [0, 0.1) is 5.92 Å². The van der Waals surface area contributed by atoms with Gasteiger partial charge < -0.3 is 15.5 Å². The molecular weight excluding hydrogens is 274 g/mol. The molecule has 2 aliphatic heterocycles. The molecule has 0 bridgehead atoms. The maximum atomic E-state index is 12.4. The Kier molecular flexibility index (Phi) is 5.11. The monoisotopic (exact) mass is 301 g/mol. The van der Waals surface area contributed by atoms with Crippen LogP contribution in [0.2, 0.25) is 0 Å². The number of hydrogen-bond donors (Lipinski definition) is 1. The summed E-state index contributed by atoms with van der Waals surface area (Å²) in [5.41, 5.74) is 7.22. The van der Waals surface area contributed by atoms with Gasteiger partial charge in [-0.15, -0.1) is 0 Å². The Morgan fingerprint density at radius 3 is 2.64 bits per heavy atom. The Hall–Kier alpha value is -1.39. The van der Waals surface area contributed by atoms with Gasteiger partial charge in [-0.2, -0.15) is 0 Å². The van der Waals surface area contributed by atoms with Crippen molar-refractivity contribution in [1.82, 2.24) is 9.80 Å². The number of nitrogens with two attached hydrogens (primary N) is 1. The molecule has 3 rings (SSSR count). The largest absolute Gasteiger partial charge is 0.342 e. The van der Waals surface area contributed by atoms with E-state index in [-0.39, 0.29) is 11.9 Å². The summed E-state index contributed by atoms with van der Waals surface area (Å²) >= 11 is 0. The maximum Gasteiger partial charge on any atom is 0.224 e. The molecule has 2 N–H and O–H groups in total. The van der Waals surface area contributed by atoms with Crippen molar-refractivity contribution in [2.45, 2.75) is 31.7 Å². The van der Waals surface area contributed by atoms with E-state index in [2.05, 4.69) is 4.90 Å². The lowest BCUT2D eigenvalue weighted by molar-refractivity contribution is -0.130. The average molecular weight is 301 g/mol. The van der Waals surface area contributed by atoms with Crippen LogP contribution in [0.1, 0.15) is 37.3 Å². The molecule has 0 saturated carbocycles. The molecule has 1 aromatic carbocycles. The van der Waals surface area contributed by atoms with E-state index < -0.39 is 0 Å². The fraction of sp³-hybridized carbons (Fsp3) is 0.611. The summed E-state index contributed by atoms with van der Waals surface area (Å²) in [6.45, 7) is 5.46. The van der Waals surface area contributed by atoms with Crippen molar-refractivity contribution in [3.05, 3.63) is 35.9 Å². The highest BCUT2D eigenvalue weighted by atomic mass is 16.2. The van der Waals surface area contributed by atoms with Gasteiger partial charge in [-0.1, -0.05) is 30.3 Å². The molecule has 2 heterocycles. The Morgan fingerprint density at radius 2 is 1.91 bits per heavy atom. The van der Waals surface area contributed by atoms with Crippen molar-refractivity contribution < 1.29 is 4.79 Å². The lowest BCUT2D eigenvalue weighted by atomic mass is 10.0. The van der Waals surface area contributed by atoms with Crippen LogP contribution in [0.3, 0.4) is 0 Å². The second-order valence-corrected chi connectivity index (χ2v) is 6.72. The highest BCUT2D eigenvalue weighted by Gasteiger charge is 2.29. The summed E-state index contributed by atoms with van der Waals surface area (Å²) in [4.78, 5) is 17.0. The molecular formula is C18H27N3O. The summed E-state index contributed by atoms with van der Waals surface area (Å²) < 4.78 is 0. The molecule has 2 unspecified atom stereocenters. The average Bonchev–Trinajstić information content (AvgIpc) is 3.20. The third-order valence-corrected chi connectivity index (χ3v) is 4.98. The first-order valence-electron chi connectivity index (χ1n) is 8.53. The zero-order valence-corrected chi connectivity index (χ0v) is 13.3. The van der Waals surface area contributed by atoms with Gasteiger partial charge in [0.25, 0.3) is 0 Å². The van der Waals surface area contributed by atoms with Crippen LogP contribution < -0.4 is 5.73 Å². The van der Waals surface area contributed by atoms with E-state index in [4.69, 9.17) is 5.73 Å². The number of amides is 1. The van der Waals surface area contributed by atoms with E-state index in [1.54, 1.807) is 0 Å². The van der Waals surface area contributed by atoms with E-state index in [0.717, 1.165) is 31.6 Å². The van der Waals surface area contributed by atoms with Crippen LogP contribution in [0.15, 0.2) is 30.3 Å². The van der Waals surface area contributed by atoms with E-state index >= 15 is 0 Å². The summed E-state index contributed by atoms with van der Waals surface area (Å²) in [6.07, 6.45) is 4.23. The van der Waals surface area contributed by atoms with Crippen LogP contribution in [-0.4, -0.2) is 48.4 Å². The predicted molar refractivity (Wildman–Crippen MR) is 88.3 cm³/mol. The van der Waals surface area contributed by atoms with Crippen molar-refractivity contribution in [1.29, 1.82) is 0 Å². The van der Waals surface area contributed by atoms with Crippen LogP contribution in [0.5, 0.6) is 0 Å². The van der Waals surface area contributed by atoms with Crippen LogP contribution >= 0.6 is 0 Å². The molecule has 4 nitrogen and oxygen atoms in total. The zero-order chi connectivity index (χ0) is 15.4. The van der Waals surface area contributed by atoms with Gasteiger partial charge in [0.05, 0.1) is 0 Å². The Morgan fingerprint density at radius 1 is 1.18 bits per heavy atom. The number of carbonyl (C=O) groups is 1. The maximum absolute atomic E-state index is 12.4. The molecule has 0 spiro atoms. The van der Waals surface area contributed by atoms with Gasteiger partial charge in [0.15, 0.2) is 0 Å². The normalized spacial score (nSPS) is 23.9. The first-order chi connectivity index (χ1) is 10.7. The van der Waals surface area contributed by atoms with Crippen molar-refractivity contribution in [2.24, 2.45) is 11.7 Å².